The van der Waals surface area contributed by atoms with Crippen molar-refractivity contribution in [2.24, 2.45) is 0 Å². The number of rotatable bonds is 4. The molecule has 0 aliphatic carbocycles. The van der Waals surface area contributed by atoms with Gasteiger partial charge in [-0.3, -0.25) is 0 Å². The van der Waals surface area contributed by atoms with Crippen molar-refractivity contribution in [1.82, 2.24) is 0 Å². The van der Waals surface area contributed by atoms with Gasteiger partial charge in [0.1, 0.15) is 17.3 Å². The Balaban J connectivity index is 2.27. The molecule has 0 heterocycles. The van der Waals surface area contributed by atoms with Gasteiger partial charge in [-0.25, -0.2) is 4.39 Å². The zero-order chi connectivity index (χ0) is 14.7. The third-order valence-corrected chi connectivity index (χ3v) is 3.33. The minimum Gasteiger partial charge on any atom is -0.508 e. The fourth-order valence-corrected chi connectivity index (χ4v) is 2.10. The summed E-state index contributed by atoms with van der Waals surface area (Å²) in [5.74, 6) is 0.397. The molecule has 0 radical (unpaired) electrons. The van der Waals surface area contributed by atoms with Gasteiger partial charge in [-0.05, 0) is 43.3 Å². The molecule has 2 N–H and O–H groups in total. The smallest absolute Gasteiger partial charge is 0.125 e. The zero-order valence-electron chi connectivity index (χ0n) is 11.2. The topological polar surface area (TPSA) is 41.5 Å². The lowest BCUT2D eigenvalue weighted by molar-refractivity contribution is 0.410. The van der Waals surface area contributed by atoms with E-state index >= 15 is 0 Å². The van der Waals surface area contributed by atoms with Crippen molar-refractivity contribution in [3.63, 3.8) is 0 Å². The summed E-state index contributed by atoms with van der Waals surface area (Å²) >= 11 is 6.01. The van der Waals surface area contributed by atoms with Crippen LogP contribution in [0.3, 0.4) is 0 Å². The van der Waals surface area contributed by atoms with Gasteiger partial charge in [0.25, 0.3) is 0 Å². The lowest BCUT2D eigenvalue weighted by Gasteiger charge is -2.18. The van der Waals surface area contributed by atoms with Crippen molar-refractivity contribution < 1.29 is 14.2 Å². The van der Waals surface area contributed by atoms with E-state index in [0.29, 0.717) is 22.0 Å². The predicted molar refractivity (Wildman–Crippen MR) is 78.1 cm³/mol. The van der Waals surface area contributed by atoms with Gasteiger partial charge >= 0.3 is 0 Å². The van der Waals surface area contributed by atoms with E-state index < -0.39 is 0 Å². The maximum absolute atomic E-state index is 13.2. The van der Waals surface area contributed by atoms with Gasteiger partial charge in [-0.15, -0.1) is 0 Å². The predicted octanol–water partition coefficient (Wildman–Crippen LogP) is 4.37. The van der Waals surface area contributed by atoms with E-state index in [0.717, 1.165) is 0 Å². The summed E-state index contributed by atoms with van der Waals surface area (Å²) < 4.78 is 18.4. The van der Waals surface area contributed by atoms with E-state index in [2.05, 4.69) is 5.32 Å². The number of nitrogens with one attached hydrogen (secondary N) is 1. The van der Waals surface area contributed by atoms with Crippen LogP contribution in [0.2, 0.25) is 5.02 Å². The molecule has 0 aliphatic heterocycles. The quantitative estimate of drug-likeness (QED) is 0.880. The highest BCUT2D eigenvalue weighted by Gasteiger charge is 2.13. The molecule has 1 unspecified atom stereocenters. The second kappa shape index (κ2) is 6.01. The molecule has 2 rings (SSSR count). The van der Waals surface area contributed by atoms with Gasteiger partial charge in [-0.2, -0.15) is 0 Å². The standard InChI is InChI=1S/C15H15ClFNO2/c1-9(12-8-11(20-2)4-6-15(12)19)18-14-7-10(17)3-5-13(14)16/h3-9,18-19H,1-2H3. The molecule has 106 valence electrons. The molecule has 0 saturated carbocycles. The van der Waals surface area contributed by atoms with Crippen LogP contribution in [0.4, 0.5) is 10.1 Å². The monoisotopic (exact) mass is 295 g/mol. The fourth-order valence-electron chi connectivity index (χ4n) is 1.93. The first-order chi connectivity index (χ1) is 9.51. The normalized spacial score (nSPS) is 12.0. The van der Waals surface area contributed by atoms with E-state index in [9.17, 15) is 9.50 Å². The van der Waals surface area contributed by atoms with Gasteiger partial charge in [-0.1, -0.05) is 11.6 Å². The van der Waals surface area contributed by atoms with Gasteiger partial charge < -0.3 is 15.2 Å². The van der Waals surface area contributed by atoms with Crippen LogP contribution in [-0.2, 0) is 0 Å². The van der Waals surface area contributed by atoms with E-state index in [4.69, 9.17) is 16.3 Å². The molecule has 3 nitrogen and oxygen atoms in total. The number of methoxy groups -OCH3 is 1. The maximum Gasteiger partial charge on any atom is 0.125 e. The lowest BCUT2D eigenvalue weighted by Crippen LogP contribution is -2.07. The van der Waals surface area contributed by atoms with E-state index in [1.807, 2.05) is 6.92 Å². The Hall–Kier alpha value is -1.94. The number of phenolic OH excluding ortho intramolecular Hbond substituents is 1. The van der Waals surface area contributed by atoms with Crippen molar-refractivity contribution >= 4 is 17.3 Å². The van der Waals surface area contributed by atoms with Crippen molar-refractivity contribution in [2.75, 3.05) is 12.4 Å². The highest BCUT2D eigenvalue weighted by atomic mass is 35.5. The SMILES string of the molecule is COc1ccc(O)c(C(C)Nc2cc(F)ccc2Cl)c1. The van der Waals surface area contributed by atoms with Crippen LogP contribution in [0.5, 0.6) is 11.5 Å². The molecule has 0 amide bonds. The molecule has 0 aliphatic rings. The Morgan fingerprint density at radius 1 is 1.25 bits per heavy atom. The van der Waals surface area contributed by atoms with Crippen LogP contribution in [0.25, 0.3) is 0 Å². The van der Waals surface area contributed by atoms with Gasteiger partial charge in [0.2, 0.25) is 0 Å². The highest BCUT2D eigenvalue weighted by molar-refractivity contribution is 6.33. The summed E-state index contributed by atoms with van der Waals surface area (Å²) in [7, 11) is 1.55. The van der Waals surface area contributed by atoms with E-state index in [1.54, 1.807) is 25.3 Å². The number of benzene rings is 2. The Bertz CT molecular complexity index is 619. The third kappa shape index (κ3) is 3.14. The Labute approximate surface area is 122 Å². The van der Waals surface area contributed by atoms with Crippen molar-refractivity contribution in [2.45, 2.75) is 13.0 Å². The van der Waals surface area contributed by atoms with Gasteiger partial charge in [0.15, 0.2) is 0 Å². The van der Waals surface area contributed by atoms with Crippen molar-refractivity contribution in [3.05, 3.63) is 52.8 Å². The average molecular weight is 296 g/mol. The molecule has 2 aromatic carbocycles. The van der Waals surface area contributed by atoms with Crippen molar-refractivity contribution in [1.29, 1.82) is 0 Å². The van der Waals surface area contributed by atoms with E-state index in [1.165, 1.54) is 18.2 Å². The minimum absolute atomic E-state index is 0.137. The molecule has 0 fully saturated rings. The number of ether oxygens (including phenoxy) is 1. The van der Waals surface area contributed by atoms with Crippen LogP contribution in [0.15, 0.2) is 36.4 Å². The summed E-state index contributed by atoms with van der Waals surface area (Å²) in [5.41, 5.74) is 1.12. The molecule has 0 aromatic heterocycles. The molecular formula is C15H15ClFNO2. The molecule has 2 aromatic rings. The Morgan fingerprint density at radius 3 is 2.70 bits per heavy atom. The summed E-state index contributed by atoms with van der Waals surface area (Å²) in [5, 5.41) is 13.4. The number of hydrogen-bond acceptors (Lipinski definition) is 3. The largest absolute Gasteiger partial charge is 0.508 e. The number of anilines is 1. The number of halogens is 2. The number of phenols is 1. The summed E-state index contributed by atoms with van der Waals surface area (Å²) in [6.45, 7) is 1.84. The molecule has 20 heavy (non-hydrogen) atoms. The average Bonchev–Trinajstić information content (AvgIpc) is 2.43. The third-order valence-electron chi connectivity index (χ3n) is 3.00. The number of hydrogen-bond donors (Lipinski definition) is 2. The Kier molecular flexibility index (Phi) is 4.35. The molecule has 5 heteroatoms. The molecule has 0 bridgehead atoms. The molecule has 0 spiro atoms. The lowest BCUT2D eigenvalue weighted by atomic mass is 10.1. The second-order valence-electron chi connectivity index (χ2n) is 4.41. The van der Waals surface area contributed by atoms with Gasteiger partial charge in [0.05, 0.1) is 23.9 Å². The minimum atomic E-state index is -0.376. The van der Waals surface area contributed by atoms with E-state index in [-0.39, 0.29) is 17.6 Å². The zero-order valence-corrected chi connectivity index (χ0v) is 11.9. The van der Waals surface area contributed by atoms with Crippen LogP contribution >= 0.6 is 11.6 Å². The first kappa shape index (κ1) is 14.5. The van der Waals surface area contributed by atoms with Crippen LogP contribution in [0, 0.1) is 5.82 Å². The summed E-state index contributed by atoms with van der Waals surface area (Å²) in [6, 6.07) is 8.78. The second-order valence-corrected chi connectivity index (χ2v) is 4.82. The maximum atomic E-state index is 13.2. The van der Waals surface area contributed by atoms with Crippen molar-refractivity contribution in [3.8, 4) is 11.5 Å². The summed E-state index contributed by atoms with van der Waals surface area (Å²) in [6.07, 6.45) is 0. The number of aromatic hydroxyl groups is 1. The first-order valence-electron chi connectivity index (χ1n) is 6.09. The Morgan fingerprint density at radius 2 is 2.00 bits per heavy atom. The molecular weight excluding hydrogens is 281 g/mol. The fraction of sp³-hybridized carbons (Fsp3) is 0.200. The first-order valence-corrected chi connectivity index (χ1v) is 6.47. The van der Waals surface area contributed by atoms with Crippen LogP contribution < -0.4 is 10.1 Å². The van der Waals surface area contributed by atoms with Gasteiger partial charge in [0, 0.05) is 5.56 Å². The highest BCUT2D eigenvalue weighted by Crippen LogP contribution is 2.32. The molecule has 0 saturated heterocycles. The molecule has 1 atom stereocenters. The van der Waals surface area contributed by atoms with Crippen LogP contribution in [0.1, 0.15) is 18.5 Å². The van der Waals surface area contributed by atoms with Crippen LogP contribution in [-0.4, -0.2) is 12.2 Å². The summed E-state index contributed by atoms with van der Waals surface area (Å²) in [4.78, 5) is 0.